The van der Waals surface area contributed by atoms with E-state index in [-0.39, 0.29) is 29.1 Å². The maximum Gasteiger partial charge on any atom is 0.343 e. The van der Waals surface area contributed by atoms with Gasteiger partial charge in [0.2, 0.25) is 6.29 Å². The molecule has 0 unspecified atom stereocenters. The van der Waals surface area contributed by atoms with Crippen molar-refractivity contribution in [1.82, 2.24) is 0 Å². The first-order valence-corrected chi connectivity index (χ1v) is 11.5. The average Bonchev–Trinajstić information content (AvgIpc) is 2.76. The van der Waals surface area contributed by atoms with E-state index in [2.05, 4.69) is 21.1 Å². The third-order valence-electron chi connectivity index (χ3n) is 5.49. The minimum Gasteiger partial charge on any atom is -0.507 e. The molecule has 0 radical (unpaired) electrons. The molecular formula is C22H28BrNO9. The summed E-state index contributed by atoms with van der Waals surface area (Å²) < 4.78 is 22.4. The molecule has 0 saturated carbocycles. The Labute approximate surface area is 198 Å². The van der Waals surface area contributed by atoms with Gasteiger partial charge in [0, 0.05) is 30.6 Å². The van der Waals surface area contributed by atoms with E-state index < -0.39 is 35.8 Å². The summed E-state index contributed by atoms with van der Waals surface area (Å²) in [6.45, 7) is 5.44. The quantitative estimate of drug-likeness (QED) is 0.154. The molecule has 3 N–H and O–H groups in total. The molecule has 0 amide bonds. The fourth-order valence-electron chi connectivity index (χ4n) is 3.81. The van der Waals surface area contributed by atoms with Crippen molar-refractivity contribution in [2.24, 2.45) is 5.16 Å². The van der Waals surface area contributed by atoms with Crippen molar-refractivity contribution >= 4 is 33.1 Å². The van der Waals surface area contributed by atoms with Gasteiger partial charge in [-0.1, -0.05) is 21.1 Å². The third kappa shape index (κ3) is 5.17. The Balaban J connectivity index is 1.89. The zero-order valence-corrected chi connectivity index (χ0v) is 20.4. The Hall–Kier alpha value is -2.18. The molecule has 0 bridgehead atoms. The van der Waals surface area contributed by atoms with Crippen LogP contribution in [-0.2, 0) is 20.7 Å². The smallest absolute Gasteiger partial charge is 0.343 e. The van der Waals surface area contributed by atoms with E-state index in [1.807, 2.05) is 0 Å². The Morgan fingerprint density at radius 2 is 2.00 bits per heavy atom. The van der Waals surface area contributed by atoms with Crippen LogP contribution in [0.4, 0.5) is 0 Å². The number of aryl methyl sites for hydroxylation is 1. The molecule has 1 aliphatic rings. The van der Waals surface area contributed by atoms with Crippen LogP contribution in [0.25, 0.3) is 11.0 Å². The van der Waals surface area contributed by atoms with Crippen molar-refractivity contribution in [3.8, 4) is 11.5 Å². The summed E-state index contributed by atoms with van der Waals surface area (Å²) in [6.07, 6.45) is -3.19. The number of hydrogen-bond acceptors (Lipinski definition) is 10. The predicted molar refractivity (Wildman–Crippen MR) is 123 cm³/mol. The van der Waals surface area contributed by atoms with E-state index in [9.17, 15) is 20.1 Å². The lowest BCUT2D eigenvalue weighted by Crippen LogP contribution is -2.63. The molecule has 11 heteroatoms. The molecule has 2 heterocycles. The lowest BCUT2D eigenvalue weighted by atomic mass is 9.89. The van der Waals surface area contributed by atoms with Crippen LogP contribution in [0, 0.1) is 6.92 Å². The van der Waals surface area contributed by atoms with E-state index in [0.717, 1.165) is 0 Å². The normalized spacial score (nSPS) is 24.9. The average molecular weight is 530 g/mol. The van der Waals surface area contributed by atoms with Crippen LogP contribution in [0.5, 0.6) is 11.5 Å². The van der Waals surface area contributed by atoms with Crippen molar-refractivity contribution in [1.29, 1.82) is 0 Å². The molecule has 1 fully saturated rings. The highest BCUT2D eigenvalue weighted by atomic mass is 79.9. The van der Waals surface area contributed by atoms with Crippen LogP contribution >= 0.6 is 15.9 Å². The van der Waals surface area contributed by atoms with Crippen molar-refractivity contribution in [2.45, 2.75) is 57.4 Å². The molecule has 1 aromatic carbocycles. The van der Waals surface area contributed by atoms with Crippen molar-refractivity contribution in [2.75, 3.05) is 19.0 Å². The number of aromatic hydroxyl groups is 1. The van der Waals surface area contributed by atoms with Crippen LogP contribution in [0.2, 0.25) is 0 Å². The second-order valence-corrected chi connectivity index (χ2v) is 8.93. The van der Waals surface area contributed by atoms with E-state index >= 15 is 0 Å². The van der Waals surface area contributed by atoms with Crippen LogP contribution < -0.4 is 10.4 Å². The lowest BCUT2D eigenvalue weighted by Gasteiger charge is -2.46. The Morgan fingerprint density at radius 1 is 1.27 bits per heavy atom. The molecule has 2 aromatic rings. The molecule has 10 nitrogen and oxygen atoms in total. The van der Waals surface area contributed by atoms with Crippen LogP contribution in [-0.4, -0.2) is 70.8 Å². The topological polar surface area (TPSA) is 140 Å². The van der Waals surface area contributed by atoms with Gasteiger partial charge in [-0.3, -0.25) is 0 Å². The molecule has 0 spiro atoms. The Kier molecular flexibility index (Phi) is 8.01. The zero-order valence-electron chi connectivity index (χ0n) is 18.8. The van der Waals surface area contributed by atoms with Crippen molar-refractivity contribution < 1.29 is 38.8 Å². The van der Waals surface area contributed by atoms with Crippen molar-refractivity contribution in [3.05, 3.63) is 33.7 Å². The Morgan fingerprint density at radius 3 is 2.67 bits per heavy atom. The standard InChI is InChI=1S/C22H28BrNO9/c1-11-14(31-21-17(27)16(26)19(29-4)22(2,3)33-21)6-5-12-15(25)13(20(28)32-18(11)12)7-9-24-30-10-8-23/h5-6,9,16-17,19,21,25-27H,7-8,10H2,1-4H3/t16-,17-,19-,21-/m1/s1. The highest BCUT2D eigenvalue weighted by Gasteiger charge is 2.50. The minimum atomic E-state index is -1.38. The van der Waals surface area contributed by atoms with Crippen molar-refractivity contribution in [3.63, 3.8) is 0 Å². The number of benzene rings is 1. The van der Waals surface area contributed by atoms with E-state index in [1.165, 1.54) is 19.4 Å². The largest absolute Gasteiger partial charge is 0.507 e. The maximum atomic E-state index is 12.5. The van der Waals surface area contributed by atoms with E-state index in [4.69, 9.17) is 23.5 Å². The molecule has 4 atom stereocenters. The monoisotopic (exact) mass is 529 g/mol. The van der Waals surface area contributed by atoms with Crippen LogP contribution in [0.15, 0.2) is 26.5 Å². The second-order valence-electron chi connectivity index (χ2n) is 8.14. The molecule has 1 saturated heterocycles. The number of nitrogens with zero attached hydrogens (tertiary/aromatic N) is 1. The first kappa shape index (κ1) is 25.4. The number of halogens is 1. The number of aliphatic hydroxyl groups is 2. The number of hydrogen-bond donors (Lipinski definition) is 3. The summed E-state index contributed by atoms with van der Waals surface area (Å²) in [6, 6.07) is 3.10. The Bertz CT molecular complexity index is 1070. The number of fused-ring (bicyclic) bond motifs is 1. The molecule has 182 valence electrons. The van der Waals surface area contributed by atoms with Gasteiger partial charge < -0.3 is 38.8 Å². The molecular weight excluding hydrogens is 502 g/mol. The summed E-state index contributed by atoms with van der Waals surface area (Å²) in [5, 5.41) is 36.2. The van der Waals surface area contributed by atoms with Gasteiger partial charge in [-0.05, 0) is 32.9 Å². The van der Waals surface area contributed by atoms with Gasteiger partial charge in [0.05, 0.1) is 16.6 Å². The minimum absolute atomic E-state index is 0.0272. The summed E-state index contributed by atoms with van der Waals surface area (Å²) in [5.74, 6) is 0.0294. The number of methoxy groups -OCH3 is 1. The van der Waals surface area contributed by atoms with Gasteiger partial charge in [0.15, 0.2) is 0 Å². The summed E-state index contributed by atoms with van der Waals surface area (Å²) in [7, 11) is 1.42. The molecule has 0 aliphatic carbocycles. The first-order valence-electron chi connectivity index (χ1n) is 10.3. The van der Waals surface area contributed by atoms with Gasteiger partial charge in [-0.2, -0.15) is 0 Å². The fourth-order valence-corrected chi connectivity index (χ4v) is 3.96. The van der Waals surface area contributed by atoms with Gasteiger partial charge in [-0.25, -0.2) is 4.79 Å². The molecule has 1 aromatic heterocycles. The van der Waals surface area contributed by atoms with Gasteiger partial charge in [0.1, 0.15) is 42.0 Å². The van der Waals surface area contributed by atoms with Crippen LogP contribution in [0.1, 0.15) is 25.0 Å². The summed E-state index contributed by atoms with van der Waals surface area (Å²) in [4.78, 5) is 17.4. The summed E-state index contributed by atoms with van der Waals surface area (Å²) >= 11 is 3.20. The zero-order chi connectivity index (χ0) is 24.3. The lowest BCUT2D eigenvalue weighted by molar-refractivity contribution is -0.306. The maximum absolute atomic E-state index is 12.5. The fraction of sp³-hybridized carbons (Fsp3) is 0.545. The molecule has 33 heavy (non-hydrogen) atoms. The summed E-state index contributed by atoms with van der Waals surface area (Å²) in [5.41, 5.74) is -1.07. The van der Waals surface area contributed by atoms with Gasteiger partial charge >= 0.3 is 5.63 Å². The van der Waals surface area contributed by atoms with E-state index in [0.29, 0.717) is 22.9 Å². The highest BCUT2D eigenvalue weighted by molar-refractivity contribution is 9.09. The SMILES string of the molecule is CO[C@@H]1[C@H](O)[C@@H](O)[C@H](Oc2ccc3c(O)c(CC=NOCCBr)c(=O)oc3c2C)OC1(C)C. The van der Waals surface area contributed by atoms with Gasteiger partial charge in [0.25, 0.3) is 0 Å². The van der Waals surface area contributed by atoms with Crippen LogP contribution in [0.3, 0.4) is 0 Å². The number of ether oxygens (including phenoxy) is 3. The number of oxime groups is 1. The third-order valence-corrected chi connectivity index (χ3v) is 5.82. The number of aliphatic hydroxyl groups excluding tert-OH is 2. The predicted octanol–water partition coefficient (Wildman–Crippen LogP) is 2.00. The van der Waals surface area contributed by atoms with E-state index in [1.54, 1.807) is 26.8 Å². The highest BCUT2D eigenvalue weighted by Crippen LogP contribution is 2.36. The number of rotatable bonds is 8. The van der Waals surface area contributed by atoms with Gasteiger partial charge in [-0.15, -0.1) is 0 Å². The number of alkyl halides is 1. The molecule has 1 aliphatic heterocycles. The molecule has 3 rings (SSSR count). The second kappa shape index (κ2) is 10.4. The first-order chi connectivity index (χ1) is 15.6.